The third kappa shape index (κ3) is 4.57. The van der Waals surface area contributed by atoms with Crippen molar-refractivity contribution in [2.75, 3.05) is 6.54 Å². The molecular weight excluding hydrogens is 273 g/mol. The predicted molar refractivity (Wildman–Crippen MR) is 64.5 cm³/mol. The molecule has 1 heterocycles. The van der Waals surface area contributed by atoms with Gasteiger partial charge in [-0.15, -0.1) is 0 Å². The zero-order chi connectivity index (χ0) is 15.3. The fourth-order valence-corrected chi connectivity index (χ4v) is 1.55. The molecule has 0 fully saturated rings. The molecule has 0 aromatic carbocycles. The lowest BCUT2D eigenvalue weighted by Crippen LogP contribution is -2.33. The van der Waals surface area contributed by atoms with Crippen LogP contribution in [0.4, 0.5) is 13.2 Å². The van der Waals surface area contributed by atoms with Gasteiger partial charge in [0.25, 0.3) is 0 Å². The van der Waals surface area contributed by atoms with E-state index in [9.17, 15) is 18.0 Å². The minimum atomic E-state index is -4.44. The fraction of sp³-hybridized carbons (Fsp3) is 0.583. The minimum absolute atomic E-state index is 0.174. The fourth-order valence-electron chi connectivity index (χ4n) is 1.55. The highest BCUT2D eigenvalue weighted by molar-refractivity contribution is 5.85. The predicted octanol–water partition coefficient (Wildman–Crippen LogP) is 1.82. The van der Waals surface area contributed by atoms with Crippen LogP contribution in [0, 0.1) is 17.2 Å². The first kappa shape index (κ1) is 16.0. The lowest BCUT2D eigenvalue weighted by Gasteiger charge is -2.14. The number of amides is 1. The summed E-state index contributed by atoms with van der Waals surface area (Å²) < 4.78 is 37.9. The van der Waals surface area contributed by atoms with E-state index in [1.165, 1.54) is 0 Å². The molecule has 5 nitrogen and oxygen atoms in total. The molecule has 0 aliphatic rings. The summed E-state index contributed by atoms with van der Waals surface area (Å²) in [5.41, 5.74) is 0. The first-order valence-corrected chi connectivity index (χ1v) is 5.99. The topological polar surface area (TPSA) is 70.7 Å². The quantitative estimate of drug-likeness (QED) is 0.898. The summed E-state index contributed by atoms with van der Waals surface area (Å²) in [5.74, 6) is -2.03. The van der Waals surface area contributed by atoms with E-state index in [0.717, 1.165) is 17.0 Å². The van der Waals surface area contributed by atoms with Crippen molar-refractivity contribution in [2.45, 2.75) is 32.5 Å². The highest BCUT2D eigenvalue weighted by Crippen LogP contribution is 2.21. The van der Waals surface area contributed by atoms with Crippen molar-refractivity contribution in [3.8, 4) is 6.07 Å². The van der Waals surface area contributed by atoms with Gasteiger partial charge >= 0.3 is 6.18 Å². The van der Waals surface area contributed by atoms with Crippen LogP contribution in [0.1, 0.15) is 25.6 Å². The van der Waals surface area contributed by atoms with E-state index in [2.05, 4.69) is 10.3 Å². The van der Waals surface area contributed by atoms with Crippen LogP contribution < -0.4 is 5.32 Å². The standard InChI is InChI=1S/C12H15F3N4O/c1-8(2)6-18-11(20)9(5-16)10-17-3-4-19(10)7-12(13,14)15/h3-4,8-9H,6-7H2,1-2H3,(H,18,20)/t9-/m0/s1. The zero-order valence-electron chi connectivity index (χ0n) is 11.1. The van der Waals surface area contributed by atoms with Gasteiger partial charge in [0.15, 0.2) is 5.92 Å². The second-order valence-corrected chi connectivity index (χ2v) is 4.73. The van der Waals surface area contributed by atoms with E-state index in [-0.39, 0.29) is 11.7 Å². The molecule has 0 aliphatic carbocycles. The van der Waals surface area contributed by atoms with Crippen LogP contribution in [0.5, 0.6) is 0 Å². The third-order valence-corrected chi connectivity index (χ3v) is 2.43. The molecule has 20 heavy (non-hydrogen) atoms. The summed E-state index contributed by atoms with van der Waals surface area (Å²) in [6, 6.07) is 1.69. The Morgan fingerprint density at radius 3 is 2.70 bits per heavy atom. The molecule has 0 aliphatic heterocycles. The highest BCUT2D eigenvalue weighted by Gasteiger charge is 2.32. The van der Waals surface area contributed by atoms with Crippen molar-refractivity contribution in [2.24, 2.45) is 5.92 Å². The maximum Gasteiger partial charge on any atom is 0.406 e. The molecule has 110 valence electrons. The van der Waals surface area contributed by atoms with Crippen molar-refractivity contribution in [1.29, 1.82) is 5.26 Å². The number of aromatic nitrogens is 2. The van der Waals surface area contributed by atoms with Crippen LogP contribution in [0.3, 0.4) is 0 Å². The zero-order valence-corrected chi connectivity index (χ0v) is 11.1. The average Bonchev–Trinajstić information content (AvgIpc) is 2.73. The highest BCUT2D eigenvalue weighted by atomic mass is 19.4. The van der Waals surface area contributed by atoms with Crippen LogP contribution in [0.2, 0.25) is 0 Å². The Kier molecular flexibility index (Phi) is 5.13. The van der Waals surface area contributed by atoms with Crippen molar-refractivity contribution < 1.29 is 18.0 Å². The Bertz CT molecular complexity index is 502. The normalized spacial score (nSPS) is 13.1. The second kappa shape index (κ2) is 6.41. The molecule has 0 saturated carbocycles. The number of imidazole rings is 1. The summed E-state index contributed by atoms with van der Waals surface area (Å²) in [6.07, 6.45) is -2.20. The first-order valence-electron chi connectivity index (χ1n) is 5.99. The third-order valence-electron chi connectivity index (χ3n) is 2.43. The summed E-state index contributed by atoms with van der Waals surface area (Å²) in [7, 11) is 0. The Morgan fingerprint density at radius 2 is 2.20 bits per heavy atom. The molecule has 1 aromatic rings. The Hall–Kier alpha value is -2.04. The smallest absolute Gasteiger partial charge is 0.354 e. The van der Waals surface area contributed by atoms with E-state index in [0.29, 0.717) is 6.54 Å². The molecule has 0 bridgehead atoms. The van der Waals surface area contributed by atoms with E-state index in [1.54, 1.807) is 6.07 Å². The Balaban J connectivity index is 2.89. The van der Waals surface area contributed by atoms with Gasteiger partial charge < -0.3 is 9.88 Å². The van der Waals surface area contributed by atoms with Gasteiger partial charge in [0.05, 0.1) is 6.07 Å². The van der Waals surface area contributed by atoms with E-state index in [4.69, 9.17) is 5.26 Å². The van der Waals surface area contributed by atoms with E-state index in [1.807, 2.05) is 13.8 Å². The van der Waals surface area contributed by atoms with Gasteiger partial charge in [-0.3, -0.25) is 4.79 Å². The van der Waals surface area contributed by atoms with E-state index >= 15 is 0 Å². The van der Waals surface area contributed by atoms with Gasteiger partial charge in [0.2, 0.25) is 5.91 Å². The van der Waals surface area contributed by atoms with Gasteiger partial charge in [-0.05, 0) is 5.92 Å². The molecule has 0 unspecified atom stereocenters. The Morgan fingerprint density at radius 1 is 1.55 bits per heavy atom. The van der Waals surface area contributed by atoms with Gasteiger partial charge in [-0.1, -0.05) is 13.8 Å². The number of carbonyl (C=O) groups excluding carboxylic acids is 1. The molecule has 1 rings (SSSR count). The summed E-state index contributed by atoms with van der Waals surface area (Å²) in [6.45, 7) is 2.80. The lowest BCUT2D eigenvalue weighted by atomic mass is 10.1. The number of nitrogens with zero attached hydrogens (tertiary/aromatic N) is 3. The number of nitrogens with one attached hydrogen (secondary N) is 1. The first-order chi connectivity index (χ1) is 9.24. The Labute approximate surface area is 114 Å². The summed E-state index contributed by atoms with van der Waals surface area (Å²) in [5, 5.41) is 11.5. The number of carbonyl (C=O) groups is 1. The number of halogens is 3. The van der Waals surface area contributed by atoms with Crippen LogP contribution in [-0.2, 0) is 11.3 Å². The van der Waals surface area contributed by atoms with Gasteiger partial charge in [-0.25, -0.2) is 4.98 Å². The molecule has 1 atom stereocenters. The minimum Gasteiger partial charge on any atom is -0.354 e. The van der Waals surface area contributed by atoms with Crippen LogP contribution >= 0.6 is 0 Å². The molecule has 1 N–H and O–H groups in total. The van der Waals surface area contributed by atoms with Crippen LogP contribution in [0.15, 0.2) is 12.4 Å². The molecule has 0 radical (unpaired) electrons. The van der Waals surface area contributed by atoms with Gasteiger partial charge in [0, 0.05) is 18.9 Å². The number of hydrogen-bond donors (Lipinski definition) is 1. The molecule has 1 aromatic heterocycles. The summed E-state index contributed by atoms with van der Waals surface area (Å²) >= 11 is 0. The van der Waals surface area contributed by atoms with Gasteiger partial charge in [0.1, 0.15) is 12.4 Å². The summed E-state index contributed by atoms with van der Waals surface area (Å²) in [4.78, 5) is 15.5. The van der Waals surface area contributed by atoms with Crippen LogP contribution in [-0.4, -0.2) is 28.2 Å². The van der Waals surface area contributed by atoms with Crippen molar-refractivity contribution >= 4 is 5.91 Å². The number of nitriles is 1. The van der Waals surface area contributed by atoms with Crippen molar-refractivity contribution in [1.82, 2.24) is 14.9 Å². The van der Waals surface area contributed by atoms with E-state index < -0.39 is 24.5 Å². The second-order valence-electron chi connectivity index (χ2n) is 4.73. The number of alkyl halides is 3. The average molecular weight is 288 g/mol. The number of hydrogen-bond acceptors (Lipinski definition) is 3. The molecular formula is C12H15F3N4O. The van der Waals surface area contributed by atoms with Crippen molar-refractivity contribution in [3.63, 3.8) is 0 Å². The maximum absolute atomic E-state index is 12.4. The van der Waals surface area contributed by atoms with Crippen LogP contribution in [0.25, 0.3) is 0 Å². The largest absolute Gasteiger partial charge is 0.406 e. The molecule has 8 heteroatoms. The molecule has 0 spiro atoms. The SMILES string of the molecule is CC(C)CNC(=O)[C@@H](C#N)c1nccn1CC(F)(F)F. The molecule has 1 amide bonds. The maximum atomic E-state index is 12.4. The monoisotopic (exact) mass is 288 g/mol. The lowest BCUT2D eigenvalue weighted by molar-refractivity contribution is -0.141. The van der Waals surface area contributed by atoms with Crippen molar-refractivity contribution in [3.05, 3.63) is 18.2 Å². The molecule has 0 saturated heterocycles. The number of rotatable bonds is 5. The van der Waals surface area contributed by atoms with Gasteiger partial charge in [-0.2, -0.15) is 18.4 Å².